The molecule has 0 aliphatic heterocycles. The molecule has 3 heteroatoms. The zero-order valence-corrected chi connectivity index (χ0v) is 18.5. The minimum atomic E-state index is -0.654. The fourth-order valence-electron chi connectivity index (χ4n) is 9.10. The van der Waals surface area contributed by atoms with E-state index in [0.29, 0.717) is 29.1 Å². The predicted octanol–water partition coefficient (Wildman–Crippen LogP) is 6.87. The van der Waals surface area contributed by atoms with Crippen LogP contribution in [0.1, 0.15) is 98.3 Å². The number of hydrogen-bond donors (Lipinski definition) is 1. The van der Waals surface area contributed by atoms with Crippen molar-refractivity contribution in [2.24, 2.45) is 45.8 Å². The monoisotopic (exact) mass is 392 g/mol. The minimum absolute atomic E-state index is 0.187. The van der Waals surface area contributed by atoms with Crippen molar-refractivity contribution in [1.29, 1.82) is 0 Å². The van der Waals surface area contributed by atoms with E-state index in [1.54, 1.807) is 0 Å². The minimum Gasteiger partial charge on any atom is -0.481 e. The van der Waals surface area contributed by atoms with Crippen LogP contribution in [0.5, 0.6) is 0 Å². The summed E-state index contributed by atoms with van der Waals surface area (Å²) in [6, 6.07) is 0. The molecule has 160 valence electrons. The molecular weight excluding hydrogens is 351 g/mol. The lowest BCUT2D eigenvalue weighted by atomic mass is 9.40. The third-order valence-corrected chi connectivity index (χ3v) is 10.9. The highest BCUT2D eigenvalue weighted by molar-refractivity contribution is 5.66. The van der Waals surface area contributed by atoms with Crippen LogP contribution in [-0.4, -0.2) is 17.2 Å². The lowest BCUT2D eigenvalue weighted by Gasteiger charge is -2.65. The van der Waals surface area contributed by atoms with Crippen LogP contribution in [0.25, 0.3) is 0 Å². The normalized spacial score (nSPS) is 51.7. The number of carboxylic acids is 1. The lowest BCUT2D eigenvalue weighted by Crippen LogP contribution is -2.58. The van der Waals surface area contributed by atoms with Crippen molar-refractivity contribution in [2.75, 3.05) is 0 Å². The van der Waals surface area contributed by atoms with Gasteiger partial charge in [0.2, 0.25) is 0 Å². The number of rotatable bonds is 4. The number of aliphatic carboxylic acids is 1. The molecule has 0 aromatic heterocycles. The van der Waals surface area contributed by atoms with Gasteiger partial charge in [0.25, 0.3) is 0 Å². The topological polar surface area (TPSA) is 37.3 Å². The summed E-state index contributed by atoms with van der Waals surface area (Å²) in [5.74, 6) is 2.91. The van der Waals surface area contributed by atoms with Gasteiger partial charge in [-0.25, -0.2) is 4.39 Å². The van der Waals surface area contributed by atoms with Crippen molar-refractivity contribution in [3.05, 3.63) is 0 Å². The summed E-state index contributed by atoms with van der Waals surface area (Å²) in [5, 5.41) is 9.11. The highest BCUT2D eigenvalue weighted by Gasteiger charge is 2.63. The number of carbonyl (C=O) groups is 1. The van der Waals surface area contributed by atoms with E-state index in [2.05, 4.69) is 27.7 Å². The second kappa shape index (κ2) is 6.98. The van der Waals surface area contributed by atoms with Crippen LogP contribution in [-0.2, 0) is 4.79 Å². The van der Waals surface area contributed by atoms with Gasteiger partial charge in [-0.05, 0) is 110 Å². The second-order valence-electron chi connectivity index (χ2n) is 11.9. The van der Waals surface area contributed by atoms with Gasteiger partial charge in [-0.2, -0.15) is 0 Å². The van der Waals surface area contributed by atoms with E-state index < -0.39 is 12.1 Å². The van der Waals surface area contributed by atoms with Crippen molar-refractivity contribution in [3.8, 4) is 0 Å². The Morgan fingerprint density at radius 2 is 1.79 bits per heavy atom. The Morgan fingerprint density at radius 3 is 2.50 bits per heavy atom. The summed E-state index contributed by atoms with van der Waals surface area (Å²) in [7, 11) is 0. The Kier molecular flexibility index (Phi) is 5.15. The van der Waals surface area contributed by atoms with Crippen molar-refractivity contribution in [3.63, 3.8) is 0 Å². The third kappa shape index (κ3) is 2.97. The maximum absolute atomic E-state index is 14.3. The highest BCUT2D eigenvalue weighted by Crippen LogP contribution is 2.71. The van der Waals surface area contributed by atoms with Gasteiger partial charge >= 0.3 is 5.97 Å². The Bertz CT molecular complexity index is 620. The molecule has 9 atom stereocenters. The quantitative estimate of drug-likeness (QED) is 0.566. The molecule has 0 saturated heterocycles. The number of halogens is 1. The largest absolute Gasteiger partial charge is 0.481 e. The van der Waals surface area contributed by atoms with E-state index in [1.165, 1.54) is 38.5 Å². The molecule has 4 saturated carbocycles. The molecule has 0 spiro atoms. The second-order valence-corrected chi connectivity index (χ2v) is 11.9. The molecule has 28 heavy (non-hydrogen) atoms. The molecule has 4 rings (SSSR count). The van der Waals surface area contributed by atoms with Crippen LogP contribution in [0.15, 0.2) is 0 Å². The van der Waals surface area contributed by atoms with Gasteiger partial charge in [0.15, 0.2) is 0 Å². The Hall–Kier alpha value is -0.600. The highest BCUT2D eigenvalue weighted by atomic mass is 19.1. The summed E-state index contributed by atoms with van der Waals surface area (Å²) >= 11 is 0. The van der Waals surface area contributed by atoms with Crippen LogP contribution >= 0.6 is 0 Å². The molecule has 0 aromatic rings. The van der Waals surface area contributed by atoms with E-state index in [1.807, 2.05) is 0 Å². The molecular formula is C25H41FO2. The average Bonchev–Trinajstić information content (AvgIpc) is 2.98. The van der Waals surface area contributed by atoms with Gasteiger partial charge in [0, 0.05) is 6.42 Å². The third-order valence-electron chi connectivity index (χ3n) is 10.9. The molecule has 0 bridgehead atoms. The van der Waals surface area contributed by atoms with Crippen molar-refractivity contribution < 1.29 is 14.3 Å². The van der Waals surface area contributed by atoms with Crippen LogP contribution in [0.2, 0.25) is 0 Å². The van der Waals surface area contributed by atoms with E-state index in [9.17, 15) is 9.18 Å². The van der Waals surface area contributed by atoms with Gasteiger partial charge in [0.05, 0.1) is 0 Å². The molecule has 0 amide bonds. The molecule has 0 radical (unpaired) electrons. The predicted molar refractivity (Wildman–Crippen MR) is 111 cm³/mol. The van der Waals surface area contributed by atoms with Crippen LogP contribution in [0, 0.1) is 45.8 Å². The van der Waals surface area contributed by atoms with Crippen molar-refractivity contribution in [1.82, 2.24) is 0 Å². The first-order valence-corrected chi connectivity index (χ1v) is 12.0. The molecule has 4 aliphatic rings. The number of fused-ring (bicyclic) bond motifs is 5. The molecule has 0 heterocycles. The van der Waals surface area contributed by atoms with E-state index in [0.717, 1.165) is 43.4 Å². The smallest absolute Gasteiger partial charge is 0.303 e. The summed E-state index contributed by atoms with van der Waals surface area (Å²) in [6.07, 6.45) is 10.9. The first-order valence-electron chi connectivity index (χ1n) is 12.0. The summed E-state index contributed by atoms with van der Waals surface area (Å²) in [5.41, 5.74) is 0.889. The molecule has 4 aliphatic carbocycles. The van der Waals surface area contributed by atoms with E-state index in [4.69, 9.17) is 5.11 Å². The first-order chi connectivity index (χ1) is 13.1. The van der Waals surface area contributed by atoms with Gasteiger partial charge in [-0.1, -0.05) is 27.7 Å². The maximum Gasteiger partial charge on any atom is 0.303 e. The first kappa shape index (κ1) is 20.7. The van der Waals surface area contributed by atoms with Gasteiger partial charge in [-0.15, -0.1) is 0 Å². The SMILES string of the molecule is C[C@H](CCC(=O)O)C1CCC2C3CCC4(C)CC(F)CCC4(C)C3CCC21C. The van der Waals surface area contributed by atoms with Gasteiger partial charge in [0.1, 0.15) is 6.17 Å². The standard InChI is InChI=1S/C25H41FO2/c1-16(5-8-22(27)28)19-6-7-20-18-10-12-23(2)15-17(26)9-14-25(23,4)21(18)11-13-24(19,20)3/h16-21H,5-15H2,1-4H3,(H,27,28)/t16-,17?,18?,19?,20?,21?,23?,24?,25?/m1/s1. The Balaban J connectivity index is 1.54. The molecule has 4 fully saturated rings. The van der Waals surface area contributed by atoms with E-state index in [-0.39, 0.29) is 5.41 Å². The van der Waals surface area contributed by atoms with Gasteiger partial charge < -0.3 is 5.11 Å². The average molecular weight is 393 g/mol. The molecule has 1 N–H and O–H groups in total. The molecule has 0 aromatic carbocycles. The van der Waals surface area contributed by atoms with E-state index >= 15 is 0 Å². The Labute approximate surface area is 171 Å². The van der Waals surface area contributed by atoms with Crippen molar-refractivity contribution in [2.45, 2.75) is 104 Å². The summed E-state index contributed by atoms with van der Waals surface area (Å²) in [4.78, 5) is 11.1. The fraction of sp³-hybridized carbons (Fsp3) is 0.960. The van der Waals surface area contributed by atoms with Crippen molar-refractivity contribution >= 4 is 5.97 Å². The summed E-state index contributed by atoms with van der Waals surface area (Å²) < 4.78 is 14.3. The van der Waals surface area contributed by atoms with Crippen LogP contribution in [0.3, 0.4) is 0 Å². The van der Waals surface area contributed by atoms with Crippen LogP contribution in [0.4, 0.5) is 4.39 Å². The summed E-state index contributed by atoms with van der Waals surface area (Å²) in [6.45, 7) is 9.75. The maximum atomic E-state index is 14.3. The lowest BCUT2D eigenvalue weighted by molar-refractivity contribution is -0.164. The fourth-order valence-corrected chi connectivity index (χ4v) is 9.10. The zero-order valence-electron chi connectivity index (χ0n) is 18.5. The number of carboxylic acid groups (broad SMARTS) is 1. The zero-order chi connectivity index (χ0) is 20.3. The number of hydrogen-bond acceptors (Lipinski definition) is 1. The molecule has 2 nitrogen and oxygen atoms in total. The Morgan fingerprint density at radius 1 is 1.04 bits per heavy atom. The van der Waals surface area contributed by atoms with Gasteiger partial charge in [-0.3, -0.25) is 4.79 Å². The molecule has 8 unspecified atom stereocenters. The number of alkyl halides is 1. The van der Waals surface area contributed by atoms with Crippen LogP contribution < -0.4 is 0 Å².